The van der Waals surface area contributed by atoms with Gasteiger partial charge in [-0.15, -0.1) is 0 Å². The molecule has 2 aliphatic heterocycles. The van der Waals surface area contributed by atoms with E-state index in [0.717, 1.165) is 30.3 Å². The SMILES string of the molecule is C[C@@H]1CN2C[C@H](O)[C@@]34CCCC[C@@H]3[C@@H]2[C@@H]1CC4. The lowest BCUT2D eigenvalue weighted by Gasteiger charge is -2.60. The second-order valence-corrected chi connectivity index (χ2v) is 7.23. The van der Waals surface area contributed by atoms with Gasteiger partial charge in [-0.25, -0.2) is 0 Å². The fourth-order valence-corrected chi connectivity index (χ4v) is 5.97. The van der Waals surface area contributed by atoms with Crippen LogP contribution in [0.25, 0.3) is 0 Å². The van der Waals surface area contributed by atoms with Crippen molar-refractivity contribution in [1.82, 2.24) is 4.90 Å². The maximum Gasteiger partial charge on any atom is 0.0726 e. The molecule has 2 saturated carbocycles. The predicted molar refractivity (Wildman–Crippen MR) is 67.6 cm³/mol. The normalized spacial score (nSPS) is 57.9. The Morgan fingerprint density at radius 2 is 2.00 bits per heavy atom. The molecular weight excluding hydrogens is 210 g/mol. The molecule has 4 rings (SSSR count). The van der Waals surface area contributed by atoms with Crippen molar-refractivity contribution in [2.75, 3.05) is 13.1 Å². The van der Waals surface area contributed by atoms with Gasteiger partial charge in [-0.05, 0) is 43.4 Å². The van der Waals surface area contributed by atoms with Crippen LogP contribution >= 0.6 is 0 Å². The second kappa shape index (κ2) is 3.48. The van der Waals surface area contributed by atoms with E-state index < -0.39 is 0 Å². The Morgan fingerprint density at radius 1 is 1.12 bits per heavy atom. The molecule has 2 heterocycles. The van der Waals surface area contributed by atoms with Crippen LogP contribution in [0, 0.1) is 23.2 Å². The molecule has 0 unspecified atom stereocenters. The van der Waals surface area contributed by atoms with Crippen LogP contribution < -0.4 is 0 Å². The van der Waals surface area contributed by atoms with E-state index in [9.17, 15) is 5.11 Å². The molecule has 2 nitrogen and oxygen atoms in total. The Morgan fingerprint density at radius 3 is 2.88 bits per heavy atom. The minimum absolute atomic E-state index is 0.0321. The Labute approximate surface area is 104 Å². The summed E-state index contributed by atoms with van der Waals surface area (Å²) in [5.41, 5.74) is 0.333. The van der Waals surface area contributed by atoms with E-state index in [1.54, 1.807) is 0 Å². The van der Waals surface area contributed by atoms with E-state index in [1.165, 1.54) is 45.1 Å². The van der Waals surface area contributed by atoms with Gasteiger partial charge in [0, 0.05) is 24.5 Å². The predicted octanol–water partition coefficient (Wildman–Crippen LogP) is 2.27. The van der Waals surface area contributed by atoms with Crippen LogP contribution in [0.5, 0.6) is 0 Å². The van der Waals surface area contributed by atoms with Gasteiger partial charge in [0.05, 0.1) is 6.10 Å². The zero-order valence-electron chi connectivity index (χ0n) is 10.9. The van der Waals surface area contributed by atoms with Crippen molar-refractivity contribution in [2.45, 2.75) is 57.6 Å². The quantitative estimate of drug-likeness (QED) is 0.696. The number of rotatable bonds is 0. The number of hydrogen-bond donors (Lipinski definition) is 1. The summed E-state index contributed by atoms with van der Waals surface area (Å²) in [6.45, 7) is 4.66. The maximum atomic E-state index is 10.7. The minimum atomic E-state index is -0.0321. The highest BCUT2D eigenvalue weighted by molar-refractivity contribution is 5.13. The topological polar surface area (TPSA) is 23.5 Å². The highest BCUT2D eigenvalue weighted by Crippen LogP contribution is 2.60. The second-order valence-electron chi connectivity index (χ2n) is 7.23. The first-order valence-electron chi connectivity index (χ1n) is 7.64. The van der Waals surface area contributed by atoms with E-state index in [4.69, 9.17) is 0 Å². The summed E-state index contributed by atoms with van der Waals surface area (Å²) in [5, 5.41) is 10.7. The van der Waals surface area contributed by atoms with Crippen LogP contribution in [0.4, 0.5) is 0 Å². The van der Waals surface area contributed by atoms with Gasteiger partial charge in [-0.3, -0.25) is 4.90 Å². The lowest BCUT2D eigenvalue weighted by atomic mass is 9.51. The summed E-state index contributed by atoms with van der Waals surface area (Å²) < 4.78 is 0. The molecular formula is C15H25NO. The van der Waals surface area contributed by atoms with Crippen molar-refractivity contribution in [1.29, 1.82) is 0 Å². The van der Waals surface area contributed by atoms with Crippen LogP contribution in [0.15, 0.2) is 0 Å². The molecule has 0 aromatic heterocycles. The van der Waals surface area contributed by atoms with E-state index in [2.05, 4.69) is 11.8 Å². The van der Waals surface area contributed by atoms with Gasteiger partial charge in [-0.2, -0.15) is 0 Å². The molecule has 2 heteroatoms. The molecule has 2 bridgehead atoms. The van der Waals surface area contributed by atoms with Crippen LogP contribution in [-0.2, 0) is 0 Å². The number of aliphatic hydroxyl groups is 1. The summed E-state index contributed by atoms with van der Waals surface area (Å²) in [6, 6.07) is 0.836. The largest absolute Gasteiger partial charge is 0.391 e. The lowest BCUT2D eigenvalue weighted by molar-refractivity contribution is -0.157. The number of piperidine rings is 1. The van der Waals surface area contributed by atoms with Crippen LogP contribution in [0.3, 0.4) is 0 Å². The van der Waals surface area contributed by atoms with E-state index in [-0.39, 0.29) is 6.10 Å². The minimum Gasteiger partial charge on any atom is -0.391 e. The molecule has 17 heavy (non-hydrogen) atoms. The van der Waals surface area contributed by atoms with Gasteiger partial charge < -0.3 is 5.11 Å². The standard InChI is InChI=1S/C15H25NO/c1-10-8-16-9-13(17)15-6-3-2-4-12(15)14(16)11(10)5-7-15/h10-14,17H,2-9H2,1H3/t10-,11-,12-,13+,14+,15-/m1/s1. The van der Waals surface area contributed by atoms with Crippen LogP contribution in [0.1, 0.15) is 45.4 Å². The molecule has 0 amide bonds. The first-order chi connectivity index (χ1) is 8.22. The zero-order chi connectivity index (χ0) is 11.6. The van der Waals surface area contributed by atoms with Gasteiger partial charge >= 0.3 is 0 Å². The van der Waals surface area contributed by atoms with Gasteiger partial charge in [0.15, 0.2) is 0 Å². The Bertz CT molecular complexity index is 331. The lowest BCUT2D eigenvalue weighted by Crippen LogP contribution is -2.64. The Balaban J connectivity index is 1.76. The maximum absolute atomic E-state index is 10.7. The summed E-state index contributed by atoms with van der Waals surface area (Å²) in [6.07, 6.45) is 8.14. The zero-order valence-corrected chi connectivity index (χ0v) is 10.9. The molecule has 0 aromatic rings. The Hall–Kier alpha value is -0.0800. The van der Waals surface area contributed by atoms with E-state index in [1.807, 2.05) is 0 Å². The number of aliphatic hydroxyl groups excluding tert-OH is 1. The fraction of sp³-hybridized carbons (Fsp3) is 1.00. The molecule has 1 N–H and O–H groups in total. The molecule has 6 atom stereocenters. The van der Waals surface area contributed by atoms with Crippen molar-refractivity contribution >= 4 is 0 Å². The molecule has 4 aliphatic rings. The third kappa shape index (κ3) is 1.24. The molecule has 2 saturated heterocycles. The van der Waals surface area contributed by atoms with Gasteiger partial charge in [0.1, 0.15) is 0 Å². The summed E-state index contributed by atoms with van der Waals surface area (Å²) in [4.78, 5) is 2.65. The first-order valence-corrected chi connectivity index (χ1v) is 7.64. The van der Waals surface area contributed by atoms with Crippen LogP contribution in [-0.4, -0.2) is 35.2 Å². The third-order valence-electron chi connectivity index (χ3n) is 6.69. The van der Waals surface area contributed by atoms with Crippen molar-refractivity contribution < 1.29 is 5.11 Å². The highest BCUT2D eigenvalue weighted by Gasteiger charge is 2.61. The van der Waals surface area contributed by atoms with Gasteiger partial charge in [0.25, 0.3) is 0 Å². The van der Waals surface area contributed by atoms with Crippen molar-refractivity contribution in [3.8, 4) is 0 Å². The molecule has 96 valence electrons. The fourth-order valence-electron chi connectivity index (χ4n) is 5.97. The smallest absolute Gasteiger partial charge is 0.0726 e. The van der Waals surface area contributed by atoms with Gasteiger partial charge in [-0.1, -0.05) is 19.8 Å². The van der Waals surface area contributed by atoms with Gasteiger partial charge in [0.2, 0.25) is 0 Å². The highest BCUT2D eigenvalue weighted by atomic mass is 16.3. The molecule has 2 aliphatic carbocycles. The number of hydrogen-bond acceptors (Lipinski definition) is 2. The van der Waals surface area contributed by atoms with E-state index in [0.29, 0.717) is 5.41 Å². The van der Waals surface area contributed by atoms with Crippen LogP contribution in [0.2, 0.25) is 0 Å². The summed E-state index contributed by atoms with van der Waals surface area (Å²) >= 11 is 0. The monoisotopic (exact) mass is 235 g/mol. The van der Waals surface area contributed by atoms with Crippen molar-refractivity contribution in [3.63, 3.8) is 0 Å². The summed E-state index contributed by atoms with van der Waals surface area (Å²) in [7, 11) is 0. The third-order valence-corrected chi connectivity index (χ3v) is 6.69. The molecule has 0 aromatic carbocycles. The molecule has 0 radical (unpaired) electrons. The van der Waals surface area contributed by atoms with E-state index >= 15 is 0 Å². The molecule has 0 spiro atoms. The Kier molecular flexibility index (Phi) is 2.21. The average molecular weight is 235 g/mol. The first kappa shape index (κ1) is 10.8. The number of nitrogens with zero attached hydrogens (tertiary/aromatic N) is 1. The average Bonchev–Trinajstić information content (AvgIpc) is 2.67. The van der Waals surface area contributed by atoms with Crippen molar-refractivity contribution in [3.05, 3.63) is 0 Å². The summed E-state index contributed by atoms with van der Waals surface area (Å²) in [5.74, 6) is 2.63. The molecule has 4 fully saturated rings. The van der Waals surface area contributed by atoms with Crippen molar-refractivity contribution in [2.24, 2.45) is 23.2 Å².